The summed E-state index contributed by atoms with van der Waals surface area (Å²) in [5.41, 5.74) is 12.2. The van der Waals surface area contributed by atoms with Gasteiger partial charge < -0.3 is 15.4 Å². The molecule has 110 valence electrons. The molecule has 0 fully saturated rings. The van der Waals surface area contributed by atoms with Crippen LogP contribution in [0, 0.1) is 6.92 Å². The molecule has 1 heterocycles. The molecule has 0 saturated heterocycles. The molecule has 1 aliphatic heterocycles. The van der Waals surface area contributed by atoms with E-state index in [-0.39, 0.29) is 0 Å². The van der Waals surface area contributed by atoms with Crippen molar-refractivity contribution in [2.24, 2.45) is 0 Å². The zero-order valence-corrected chi connectivity index (χ0v) is 12.7. The second kappa shape index (κ2) is 5.68. The predicted octanol–water partition coefficient (Wildman–Crippen LogP) is 3.19. The number of nitrogens with zero attached hydrogens (tertiary/aromatic N) is 1. The summed E-state index contributed by atoms with van der Waals surface area (Å²) in [6.45, 7) is 4.20. The fourth-order valence-corrected chi connectivity index (χ4v) is 2.93. The molecule has 21 heavy (non-hydrogen) atoms. The van der Waals surface area contributed by atoms with Crippen molar-refractivity contribution in [3.8, 4) is 5.75 Å². The van der Waals surface area contributed by atoms with Crippen LogP contribution >= 0.6 is 0 Å². The zero-order valence-electron chi connectivity index (χ0n) is 12.7. The highest BCUT2D eigenvalue weighted by atomic mass is 16.5. The number of nitrogen functional groups attached to an aromatic ring is 1. The van der Waals surface area contributed by atoms with E-state index in [0.717, 1.165) is 37.4 Å². The summed E-state index contributed by atoms with van der Waals surface area (Å²) in [4.78, 5) is 2.44. The number of benzene rings is 2. The van der Waals surface area contributed by atoms with Crippen molar-refractivity contribution in [2.75, 3.05) is 30.8 Å². The normalized spacial score (nSPS) is 13.3. The van der Waals surface area contributed by atoms with E-state index in [0.29, 0.717) is 0 Å². The third-order valence-electron chi connectivity index (χ3n) is 4.29. The maximum absolute atomic E-state index is 6.05. The Labute approximate surface area is 126 Å². The highest BCUT2D eigenvalue weighted by Gasteiger charge is 2.19. The molecule has 3 heteroatoms. The van der Waals surface area contributed by atoms with Crippen molar-refractivity contribution in [3.63, 3.8) is 0 Å². The molecule has 0 aromatic heterocycles. The molecule has 0 aliphatic carbocycles. The van der Waals surface area contributed by atoms with Crippen LogP contribution in [-0.4, -0.2) is 20.2 Å². The summed E-state index contributed by atoms with van der Waals surface area (Å²) in [5.74, 6) is 0.911. The number of anilines is 2. The Morgan fingerprint density at radius 3 is 2.67 bits per heavy atom. The molecule has 2 aromatic carbocycles. The lowest BCUT2D eigenvalue weighted by Crippen LogP contribution is -2.23. The van der Waals surface area contributed by atoms with Gasteiger partial charge in [-0.1, -0.05) is 18.2 Å². The summed E-state index contributed by atoms with van der Waals surface area (Å²) in [6.07, 6.45) is 2.16. The minimum Gasteiger partial charge on any atom is -0.497 e. The molecule has 0 saturated carbocycles. The van der Waals surface area contributed by atoms with Crippen molar-refractivity contribution in [2.45, 2.75) is 19.8 Å². The first kappa shape index (κ1) is 13.8. The smallest absolute Gasteiger partial charge is 0.118 e. The van der Waals surface area contributed by atoms with Gasteiger partial charge in [0.1, 0.15) is 5.75 Å². The van der Waals surface area contributed by atoms with E-state index in [1.54, 1.807) is 7.11 Å². The quantitative estimate of drug-likeness (QED) is 0.875. The van der Waals surface area contributed by atoms with Gasteiger partial charge in [-0.25, -0.2) is 0 Å². The van der Waals surface area contributed by atoms with Crippen LogP contribution < -0.4 is 15.4 Å². The lowest BCUT2D eigenvalue weighted by molar-refractivity contribution is 0.414. The molecule has 2 aromatic rings. The van der Waals surface area contributed by atoms with E-state index < -0.39 is 0 Å². The van der Waals surface area contributed by atoms with Gasteiger partial charge in [-0.05, 0) is 54.7 Å². The molecule has 3 rings (SSSR count). The largest absolute Gasteiger partial charge is 0.497 e. The maximum atomic E-state index is 6.05. The van der Waals surface area contributed by atoms with Gasteiger partial charge in [-0.3, -0.25) is 0 Å². The van der Waals surface area contributed by atoms with Crippen molar-refractivity contribution in [1.82, 2.24) is 0 Å². The molecule has 2 N–H and O–H groups in total. The van der Waals surface area contributed by atoms with Gasteiger partial charge in [0.05, 0.1) is 7.11 Å². The van der Waals surface area contributed by atoms with Gasteiger partial charge >= 0.3 is 0 Å². The molecular formula is C18H22N2O. The van der Waals surface area contributed by atoms with E-state index in [1.807, 2.05) is 12.1 Å². The molecule has 0 bridgehead atoms. The van der Waals surface area contributed by atoms with Gasteiger partial charge in [0.2, 0.25) is 0 Å². The number of hydrogen-bond donors (Lipinski definition) is 1. The minimum atomic E-state index is 0.894. The van der Waals surface area contributed by atoms with Crippen molar-refractivity contribution >= 4 is 11.4 Å². The van der Waals surface area contributed by atoms with Gasteiger partial charge in [0.25, 0.3) is 0 Å². The topological polar surface area (TPSA) is 38.5 Å². The number of ether oxygens (including phenoxy) is 1. The van der Waals surface area contributed by atoms with Crippen LogP contribution in [-0.2, 0) is 12.8 Å². The summed E-state index contributed by atoms with van der Waals surface area (Å²) >= 11 is 0. The van der Waals surface area contributed by atoms with Crippen LogP contribution in [0.4, 0.5) is 11.4 Å². The molecule has 1 aliphatic rings. The number of fused-ring (bicyclic) bond motifs is 1. The average molecular weight is 282 g/mol. The minimum absolute atomic E-state index is 0.894. The van der Waals surface area contributed by atoms with E-state index in [4.69, 9.17) is 10.5 Å². The van der Waals surface area contributed by atoms with Crippen molar-refractivity contribution in [1.29, 1.82) is 0 Å². The lowest BCUT2D eigenvalue weighted by atomic mass is 10.1. The van der Waals surface area contributed by atoms with Gasteiger partial charge in [0, 0.05) is 24.5 Å². The SMILES string of the molecule is COc1ccc(CCN2CCc3cc(C)c(N)cc32)cc1. The Kier molecular flexibility index (Phi) is 3.74. The van der Waals surface area contributed by atoms with Gasteiger partial charge in [-0.15, -0.1) is 0 Å². The first-order valence-corrected chi connectivity index (χ1v) is 7.44. The lowest BCUT2D eigenvalue weighted by Gasteiger charge is -2.20. The molecule has 0 unspecified atom stereocenters. The second-order valence-corrected chi connectivity index (χ2v) is 5.67. The van der Waals surface area contributed by atoms with Crippen LogP contribution in [0.5, 0.6) is 5.75 Å². The maximum Gasteiger partial charge on any atom is 0.118 e. The molecule has 0 atom stereocenters. The number of nitrogens with two attached hydrogens (primary N) is 1. The summed E-state index contributed by atoms with van der Waals surface area (Å²) in [5, 5.41) is 0. The van der Waals surface area contributed by atoms with Gasteiger partial charge in [-0.2, -0.15) is 0 Å². The van der Waals surface area contributed by atoms with Crippen molar-refractivity contribution in [3.05, 3.63) is 53.1 Å². The molecule has 0 radical (unpaired) electrons. The molecule has 0 amide bonds. The Balaban J connectivity index is 1.69. The van der Waals surface area contributed by atoms with E-state index in [2.05, 4.69) is 36.1 Å². The summed E-state index contributed by atoms with van der Waals surface area (Å²) < 4.78 is 5.19. The Morgan fingerprint density at radius 1 is 1.19 bits per heavy atom. The van der Waals surface area contributed by atoms with Crippen LogP contribution in [0.1, 0.15) is 16.7 Å². The van der Waals surface area contributed by atoms with E-state index >= 15 is 0 Å². The summed E-state index contributed by atoms with van der Waals surface area (Å²) in [7, 11) is 1.70. The highest BCUT2D eigenvalue weighted by molar-refractivity contribution is 5.67. The molecule has 0 spiro atoms. The standard InChI is InChI=1S/C18H22N2O/c1-13-11-15-8-10-20(18(15)12-17(13)19)9-7-14-3-5-16(21-2)6-4-14/h3-6,11-12H,7-10,19H2,1-2H3. The van der Waals surface area contributed by atoms with Crippen molar-refractivity contribution < 1.29 is 4.74 Å². The third-order valence-corrected chi connectivity index (χ3v) is 4.29. The van der Waals surface area contributed by atoms with Gasteiger partial charge in [0.15, 0.2) is 0 Å². The molecule has 3 nitrogen and oxygen atoms in total. The fraction of sp³-hybridized carbons (Fsp3) is 0.333. The predicted molar refractivity (Wildman–Crippen MR) is 88.2 cm³/mol. The number of hydrogen-bond acceptors (Lipinski definition) is 3. The Bertz CT molecular complexity index is 634. The Hall–Kier alpha value is -2.16. The second-order valence-electron chi connectivity index (χ2n) is 5.67. The fourth-order valence-electron chi connectivity index (χ4n) is 2.93. The average Bonchev–Trinajstić information content (AvgIpc) is 2.88. The number of rotatable bonds is 4. The number of aryl methyl sites for hydroxylation is 1. The highest BCUT2D eigenvalue weighted by Crippen LogP contribution is 2.32. The van der Waals surface area contributed by atoms with E-state index in [1.165, 1.54) is 22.4 Å². The van der Waals surface area contributed by atoms with Crippen LogP contribution in [0.2, 0.25) is 0 Å². The first-order chi connectivity index (χ1) is 10.2. The number of methoxy groups -OCH3 is 1. The monoisotopic (exact) mass is 282 g/mol. The zero-order chi connectivity index (χ0) is 14.8. The van der Waals surface area contributed by atoms with Crippen LogP contribution in [0.25, 0.3) is 0 Å². The first-order valence-electron chi connectivity index (χ1n) is 7.44. The van der Waals surface area contributed by atoms with E-state index in [9.17, 15) is 0 Å². The van der Waals surface area contributed by atoms with Crippen LogP contribution in [0.3, 0.4) is 0 Å². The Morgan fingerprint density at radius 2 is 1.95 bits per heavy atom. The third kappa shape index (κ3) is 2.82. The molecular weight excluding hydrogens is 260 g/mol. The summed E-state index contributed by atoms with van der Waals surface area (Å²) in [6, 6.07) is 12.7. The van der Waals surface area contributed by atoms with Crippen LogP contribution in [0.15, 0.2) is 36.4 Å².